The number of H-pyrrole nitrogens is 1. The number of amides is 5. The van der Waals surface area contributed by atoms with E-state index in [-0.39, 0.29) is 43.0 Å². The van der Waals surface area contributed by atoms with Crippen molar-refractivity contribution in [3.63, 3.8) is 0 Å². The summed E-state index contributed by atoms with van der Waals surface area (Å²) in [4.78, 5) is 121. The number of hydrogen-bond donors (Lipinski definition) is 10. The van der Waals surface area contributed by atoms with Crippen molar-refractivity contribution in [2.45, 2.75) is 44.3 Å². The molecule has 0 radical (unpaired) electrons. The van der Waals surface area contributed by atoms with Crippen molar-refractivity contribution >= 4 is 70.6 Å². The Morgan fingerprint density at radius 3 is 2.13 bits per heavy atom. The number of rotatable bonds is 20. The van der Waals surface area contributed by atoms with E-state index >= 15 is 0 Å². The first-order valence-electron chi connectivity index (χ1n) is 15.4. The zero-order chi connectivity index (χ0) is 38.2. The molecule has 0 aliphatic heterocycles. The van der Waals surface area contributed by atoms with Crippen LogP contribution < -0.4 is 43.2 Å². The van der Waals surface area contributed by atoms with Crippen LogP contribution >= 0.6 is 0 Å². The zero-order valence-corrected chi connectivity index (χ0v) is 27.3. The normalized spacial score (nSPS) is 11.7. The van der Waals surface area contributed by atoms with E-state index in [1.807, 2.05) is 0 Å². The van der Waals surface area contributed by atoms with E-state index in [0.29, 0.717) is 23.2 Å². The number of benzene rings is 1. The number of hydrogen-bond acceptors (Lipinski definition) is 14. The molecule has 2 aromatic heterocycles. The summed E-state index contributed by atoms with van der Waals surface area (Å²) in [6.45, 7) is -0.949. The molecule has 1 aromatic carbocycles. The lowest BCUT2D eigenvalue weighted by Gasteiger charge is -2.18. The lowest BCUT2D eigenvalue weighted by molar-refractivity contribution is -0.140. The van der Waals surface area contributed by atoms with Crippen LogP contribution in [0.2, 0.25) is 0 Å². The summed E-state index contributed by atoms with van der Waals surface area (Å²) < 4.78 is 0. The maximum atomic E-state index is 12.6. The van der Waals surface area contributed by atoms with Gasteiger partial charge in [-0.2, -0.15) is 4.98 Å². The van der Waals surface area contributed by atoms with E-state index in [1.165, 1.54) is 6.20 Å². The fraction of sp³-hybridized carbons (Fsp3) is 0.333. The quantitative estimate of drug-likeness (QED) is 0.0404. The van der Waals surface area contributed by atoms with Crippen LogP contribution in [0.25, 0.3) is 11.2 Å². The second kappa shape index (κ2) is 19.3. The highest BCUT2D eigenvalue weighted by Crippen LogP contribution is 2.12. The average Bonchev–Trinajstić information content (AvgIpc) is 3.09. The summed E-state index contributed by atoms with van der Waals surface area (Å²) in [7, 11) is 0. The number of nitrogens with zero attached hydrogens (tertiary/aromatic N) is 3. The first kappa shape index (κ1) is 39.4. The van der Waals surface area contributed by atoms with Crippen LogP contribution in [0.1, 0.15) is 41.7 Å². The number of carbonyl (C=O) groups excluding carboxylic acids is 6. The maximum Gasteiger partial charge on any atom is 0.305 e. The summed E-state index contributed by atoms with van der Waals surface area (Å²) >= 11 is 0. The molecule has 22 heteroatoms. The van der Waals surface area contributed by atoms with Crippen molar-refractivity contribution < 1.29 is 48.6 Å². The van der Waals surface area contributed by atoms with Gasteiger partial charge in [-0.3, -0.25) is 43.3 Å². The molecule has 3 aromatic rings. The Labute approximate surface area is 292 Å². The average molecular weight is 726 g/mol. The van der Waals surface area contributed by atoms with Crippen molar-refractivity contribution in [2.24, 2.45) is 0 Å². The molecule has 0 bridgehead atoms. The second-order valence-electron chi connectivity index (χ2n) is 10.8. The number of nitrogens with two attached hydrogens (primary N) is 1. The Morgan fingerprint density at radius 2 is 1.50 bits per heavy atom. The van der Waals surface area contributed by atoms with Crippen molar-refractivity contribution in [1.82, 2.24) is 46.5 Å². The van der Waals surface area contributed by atoms with Gasteiger partial charge in [0.15, 0.2) is 11.2 Å². The van der Waals surface area contributed by atoms with Gasteiger partial charge in [0.1, 0.15) is 18.4 Å². The van der Waals surface area contributed by atoms with Gasteiger partial charge >= 0.3 is 11.9 Å². The second-order valence-corrected chi connectivity index (χ2v) is 10.8. The van der Waals surface area contributed by atoms with Crippen LogP contribution in [0, 0.1) is 0 Å². The van der Waals surface area contributed by atoms with Gasteiger partial charge < -0.3 is 52.6 Å². The summed E-state index contributed by atoms with van der Waals surface area (Å²) in [6.07, 6.45) is 0.0532. The van der Waals surface area contributed by atoms with Gasteiger partial charge in [-0.15, -0.1) is 0 Å². The molecule has 0 aliphatic rings. The van der Waals surface area contributed by atoms with Crippen LogP contribution in [0.5, 0.6) is 0 Å². The Bertz CT molecular complexity index is 1880. The molecule has 0 saturated heterocycles. The van der Waals surface area contributed by atoms with Gasteiger partial charge in [-0.25, -0.2) is 9.97 Å². The van der Waals surface area contributed by atoms with E-state index < -0.39 is 85.0 Å². The molecular formula is C30H35N11O11. The van der Waals surface area contributed by atoms with E-state index in [4.69, 9.17) is 10.8 Å². The Hall–Kier alpha value is -7.00. The van der Waals surface area contributed by atoms with Crippen LogP contribution in [-0.4, -0.2) is 110 Å². The van der Waals surface area contributed by atoms with Crippen LogP contribution in [0.4, 0.5) is 11.6 Å². The number of anilines is 2. The third-order valence-electron chi connectivity index (χ3n) is 6.82. The number of carboxylic acid groups (broad SMARTS) is 2. The molecule has 276 valence electrons. The van der Waals surface area contributed by atoms with E-state index in [2.05, 4.69) is 51.8 Å². The number of nitrogen functional groups attached to an aromatic ring is 1. The summed E-state index contributed by atoms with van der Waals surface area (Å²) in [5.74, 6) is -7.09. The molecule has 0 aliphatic carbocycles. The first-order chi connectivity index (χ1) is 24.7. The number of fused-ring (bicyclic) bond motifs is 1. The predicted octanol–water partition coefficient (Wildman–Crippen LogP) is -3.23. The van der Waals surface area contributed by atoms with Crippen LogP contribution in [0.3, 0.4) is 0 Å². The van der Waals surface area contributed by atoms with Gasteiger partial charge in [0.05, 0.1) is 44.4 Å². The SMILES string of the molecule is Nc1nc2ncc(CNc3ccc(C(=O)NCCCC(=O)N[C@@H](CC(=O)O)C(=O)NCC(=O)N[C@@H](CC(=O)O)C(=O)NCC=O)cc3)nc2c(=O)[nH]1. The van der Waals surface area contributed by atoms with Gasteiger partial charge in [0.2, 0.25) is 29.6 Å². The lowest BCUT2D eigenvalue weighted by Crippen LogP contribution is -2.53. The minimum atomic E-state index is -1.59. The topological polar surface area (TPSA) is 347 Å². The molecule has 3 rings (SSSR count). The third-order valence-corrected chi connectivity index (χ3v) is 6.82. The molecule has 2 heterocycles. The molecule has 5 amide bonds. The molecule has 0 fully saturated rings. The number of aromatic nitrogens is 4. The standard InChI is InChI=1S/C30H35N11O11/c31-30-40-25-24(29(52)41-30)37-17(13-35-25)12-34-16-5-3-15(4-6-16)26(49)32-7-1-2-20(43)38-19(11-23(47)48)28(51)36-14-21(44)39-18(10-22(45)46)27(50)33-8-9-42/h3-6,9,13,18-19,34H,1-2,7-8,10-12,14H2,(H,32,49)(H,33,50)(H,36,51)(H,38,43)(H,39,44)(H,45,46)(H,47,48)(H3,31,35,40,41,52)/t18-,19-/m0/s1. The molecule has 52 heavy (non-hydrogen) atoms. The number of carbonyl (C=O) groups is 8. The highest BCUT2D eigenvalue weighted by atomic mass is 16.4. The maximum absolute atomic E-state index is 12.6. The Morgan fingerprint density at radius 1 is 0.865 bits per heavy atom. The number of aldehydes is 1. The number of carboxylic acids is 2. The largest absolute Gasteiger partial charge is 0.481 e. The molecule has 22 nitrogen and oxygen atoms in total. The van der Waals surface area contributed by atoms with Gasteiger partial charge in [0, 0.05) is 24.2 Å². The highest BCUT2D eigenvalue weighted by molar-refractivity contribution is 5.96. The van der Waals surface area contributed by atoms with Gasteiger partial charge in [-0.1, -0.05) is 0 Å². The Kier molecular flexibility index (Phi) is 14.6. The number of aromatic amines is 1. The molecule has 11 N–H and O–H groups in total. The van der Waals surface area contributed by atoms with Gasteiger partial charge in [0.25, 0.3) is 11.5 Å². The zero-order valence-electron chi connectivity index (χ0n) is 27.3. The number of aliphatic carboxylic acids is 2. The van der Waals surface area contributed by atoms with E-state index in [1.54, 1.807) is 24.3 Å². The molecule has 0 unspecified atom stereocenters. The van der Waals surface area contributed by atoms with Crippen molar-refractivity contribution in [2.75, 3.05) is 30.7 Å². The lowest BCUT2D eigenvalue weighted by atomic mass is 10.1. The van der Waals surface area contributed by atoms with Crippen molar-refractivity contribution in [1.29, 1.82) is 0 Å². The number of nitrogens with one attached hydrogen (secondary N) is 7. The monoisotopic (exact) mass is 725 g/mol. The smallest absolute Gasteiger partial charge is 0.305 e. The van der Waals surface area contributed by atoms with Crippen molar-refractivity contribution in [3.8, 4) is 0 Å². The molecular weight excluding hydrogens is 690 g/mol. The summed E-state index contributed by atoms with van der Waals surface area (Å²) in [6, 6.07) is 3.24. The Balaban J connectivity index is 1.42. The van der Waals surface area contributed by atoms with E-state index in [0.717, 1.165) is 0 Å². The van der Waals surface area contributed by atoms with Gasteiger partial charge in [-0.05, 0) is 30.7 Å². The highest BCUT2D eigenvalue weighted by Gasteiger charge is 2.26. The fourth-order valence-electron chi connectivity index (χ4n) is 4.38. The van der Waals surface area contributed by atoms with Crippen LogP contribution in [0.15, 0.2) is 35.3 Å². The molecule has 0 spiro atoms. The van der Waals surface area contributed by atoms with Crippen molar-refractivity contribution in [3.05, 3.63) is 52.1 Å². The minimum Gasteiger partial charge on any atom is -0.481 e. The summed E-state index contributed by atoms with van der Waals surface area (Å²) in [5.41, 5.74) is 6.54. The summed E-state index contributed by atoms with van der Waals surface area (Å²) in [5, 5.41) is 32.4. The molecule has 2 atom stereocenters. The first-order valence-corrected chi connectivity index (χ1v) is 15.4. The fourth-order valence-corrected chi connectivity index (χ4v) is 4.38. The molecule has 0 saturated carbocycles. The van der Waals surface area contributed by atoms with Crippen LogP contribution in [-0.2, 0) is 40.1 Å². The minimum absolute atomic E-state index is 0.0365. The van der Waals surface area contributed by atoms with E-state index in [9.17, 15) is 48.3 Å². The third kappa shape index (κ3) is 12.8. The predicted molar refractivity (Wildman–Crippen MR) is 178 cm³/mol.